The molecule has 0 radical (unpaired) electrons. The summed E-state index contributed by atoms with van der Waals surface area (Å²) in [6, 6.07) is 8.89. The van der Waals surface area contributed by atoms with Crippen LogP contribution in [0.4, 0.5) is 5.69 Å². The minimum Gasteiger partial charge on any atom is -0.373 e. The number of anilines is 1. The highest BCUT2D eigenvalue weighted by Crippen LogP contribution is 2.13. The molecule has 0 atom stereocenters. The fraction of sp³-hybridized carbons (Fsp3) is 0.647. The van der Waals surface area contributed by atoms with E-state index in [0.717, 1.165) is 32.0 Å². The van der Waals surface area contributed by atoms with Gasteiger partial charge in [-0.3, -0.25) is 0 Å². The van der Waals surface area contributed by atoms with Crippen LogP contribution >= 0.6 is 0 Å². The molecule has 0 amide bonds. The van der Waals surface area contributed by atoms with Crippen molar-refractivity contribution in [3.63, 3.8) is 0 Å². The van der Waals surface area contributed by atoms with Crippen molar-refractivity contribution in [2.24, 2.45) is 5.92 Å². The van der Waals surface area contributed by atoms with Crippen LogP contribution in [-0.4, -0.2) is 26.7 Å². The molecule has 1 aromatic rings. The molecule has 0 aliphatic rings. The molecule has 19 heavy (non-hydrogen) atoms. The first-order valence-electron chi connectivity index (χ1n) is 7.64. The Hall–Kier alpha value is -1.02. The van der Waals surface area contributed by atoms with Crippen LogP contribution in [-0.2, 0) is 6.42 Å². The second-order valence-corrected chi connectivity index (χ2v) is 5.73. The van der Waals surface area contributed by atoms with E-state index in [2.05, 4.69) is 62.3 Å². The molecule has 0 bridgehead atoms. The van der Waals surface area contributed by atoms with E-state index in [1.54, 1.807) is 0 Å². The molecule has 1 aromatic carbocycles. The maximum Gasteiger partial charge on any atom is 0.0364 e. The van der Waals surface area contributed by atoms with E-state index in [-0.39, 0.29) is 0 Å². The molecule has 0 aliphatic carbocycles. The van der Waals surface area contributed by atoms with Gasteiger partial charge in [0.05, 0.1) is 0 Å². The summed E-state index contributed by atoms with van der Waals surface area (Å²) in [6.45, 7) is 10.0. The minimum absolute atomic E-state index is 0.821. The molecule has 1 N–H and O–H groups in total. The first-order valence-corrected chi connectivity index (χ1v) is 7.64. The number of rotatable bonds is 9. The van der Waals surface area contributed by atoms with E-state index in [9.17, 15) is 0 Å². The predicted molar refractivity (Wildman–Crippen MR) is 86.0 cm³/mol. The van der Waals surface area contributed by atoms with Crippen molar-refractivity contribution in [3.8, 4) is 0 Å². The Balaban J connectivity index is 2.17. The fourth-order valence-corrected chi connectivity index (χ4v) is 2.12. The number of nitrogens with one attached hydrogen (secondary N) is 1. The van der Waals surface area contributed by atoms with Gasteiger partial charge in [-0.25, -0.2) is 0 Å². The SMILES string of the molecule is CCc1ccc(N(C)CCNCCCC(C)C)cc1. The maximum atomic E-state index is 3.52. The highest BCUT2D eigenvalue weighted by atomic mass is 15.1. The molecule has 0 saturated heterocycles. The summed E-state index contributed by atoms with van der Waals surface area (Å²) < 4.78 is 0. The number of hydrogen-bond acceptors (Lipinski definition) is 2. The summed E-state index contributed by atoms with van der Waals surface area (Å²) in [6.07, 6.45) is 3.72. The van der Waals surface area contributed by atoms with Crippen LogP contribution in [0.1, 0.15) is 39.2 Å². The average molecular weight is 262 g/mol. The van der Waals surface area contributed by atoms with Crippen molar-refractivity contribution in [2.45, 2.75) is 40.0 Å². The molecule has 0 aliphatic heterocycles. The summed E-state index contributed by atoms with van der Waals surface area (Å²) in [5.74, 6) is 0.821. The van der Waals surface area contributed by atoms with Gasteiger partial charge in [-0.15, -0.1) is 0 Å². The van der Waals surface area contributed by atoms with Gasteiger partial charge in [-0.2, -0.15) is 0 Å². The first-order chi connectivity index (χ1) is 9.13. The van der Waals surface area contributed by atoms with Crippen molar-refractivity contribution >= 4 is 5.69 Å². The van der Waals surface area contributed by atoms with Crippen molar-refractivity contribution in [1.29, 1.82) is 0 Å². The molecule has 0 saturated carbocycles. The molecule has 0 heterocycles. The van der Waals surface area contributed by atoms with Crippen LogP contribution in [0.25, 0.3) is 0 Å². The van der Waals surface area contributed by atoms with Gasteiger partial charge < -0.3 is 10.2 Å². The van der Waals surface area contributed by atoms with Crippen LogP contribution in [0.15, 0.2) is 24.3 Å². The zero-order valence-corrected chi connectivity index (χ0v) is 13.1. The Morgan fingerprint density at radius 1 is 1.11 bits per heavy atom. The third kappa shape index (κ3) is 6.63. The van der Waals surface area contributed by atoms with Gasteiger partial charge in [0.1, 0.15) is 0 Å². The Kier molecular flexibility index (Phi) is 7.57. The summed E-state index contributed by atoms with van der Waals surface area (Å²) in [5, 5.41) is 3.52. The van der Waals surface area contributed by atoms with Crippen molar-refractivity contribution < 1.29 is 0 Å². The maximum absolute atomic E-state index is 3.52. The molecular formula is C17H30N2. The Morgan fingerprint density at radius 3 is 2.37 bits per heavy atom. The first kappa shape index (κ1) is 16.0. The van der Waals surface area contributed by atoms with Crippen LogP contribution in [0.5, 0.6) is 0 Å². The van der Waals surface area contributed by atoms with E-state index in [1.807, 2.05) is 0 Å². The van der Waals surface area contributed by atoms with Gasteiger partial charge in [0.15, 0.2) is 0 Å². The Labute approximate surface area is 119 Å². The second-order valence-electron chi connectivity index (χ2n) is 5.73. The standard InChI is InChI=1S/C17H30N2/c1-5-16-8-10-17(11-9-16)19(4)14-13-18-12-6-7-15(2)3/h8-11,15,18H,5-7,12-14H2,1-4H3. The fourth-order valence-electron chi connectivity index (χ4n) is 2.12. The van der Waals surface area contributed by atoms with Gasteiger partial charge >= 0.3 is 0 Å². The largest absolute Gasteiger partial charge is 0.373 e. The van der Waals surface area contributed by atoms with Gasteiger partial charge in [0.2, 0.25) is 0 Å². The summed E-state index contributed by atoms with van der Waals surface area (Å²) in [7, 11) is 2.16. The Morgan fingerprint density at radius 2 is 1.79 bits per heavy atom. The molecule has 2 nitrogen and oxygen atoms in total. The molecular weight excluding hydrogens is 232 g/mol. The monoisotopic (exact) mass is 262 g/mol. The number of hydrogen-bond donors (Lipinski definition) is 1. The Bertz CT molecular complexity index is 330. The van der Waals surface area contributed by atoms with E-state index < -0.39 is 0 Å². The van der Waals surface area contributed by atoms with Gasteiger partial charge in [0.25, 0.3) is 0 Å². The lowest BCUT2D eigenvalue weighted by Gasteiger charge is -2.20. The van der Waals surface area contributed by atoms with Crippen LogP contribution in [0.3, 0.4) is 0 Å². The number of likely N-dealkylation sites (N-methyl/N-ethyl adjacent to an activating group) is 1. The molecule has 1 rings (SSSR count). The molecule has 2 heteroatoms. The second kappa shape index (κ2) is 8.98. The lowest BCUT2D eigenvalue weighted by atomic mass is 10.1. The predicted octanol–water partition coefficient (Wildman–Crippen LogP) is 3.71. The zero-order chi connectivity index (χ0) is 14.1. The lowest BCUT2D eigenvalue weighted by Crippen LogP contribution is -2.29. The summed E-state index contributed by atoms with van der Waals surface area (Å²) in [5.41, 5.74) is 2.71. The normalized spacial score (nSPS) is 11.0. The molecule has 0 aromatic heterocycles. The third-order valence-electron chi connectivity index (χ3n) is 3.54. The van der Waals surface area contributed by atoms with Crippen molar-refractivity contribution in [3.05, 3.63) is 29.8 Å². The number of nitrogens with zero attached hydrogens (tertiary/aromatic N) is 1. The van der Waals surface area contributed by atoms with E-state index in [0.29, 0.717) is 0 Å². The van der Waals surface area contributed by atoms with E-state index in [4.69, 9.17) is 0 Å². The quantitative estimate of drug-likeness (QED) is 0.683. The minimum atomic E-state index is 0.821. The van der Waals surface area contributed by atoms with E-state index >= 15 is 0 Å². The average Bonchev–Trinajstić information content (AvgIpc) is 2.42. The molecule has 0 unspecified atom stereocenters. The van der Waals surface area contributed by atoms with Crippen molar-refractivity contribution in [2.75, 3.05) is 31.6 Å². The van der Waals surface area contributed by atoms with Gasteiger partial charge in [-0.1, -0.05) is 32.9 Å². The van der Waals surface area contributed by atoms with Gasteiger partial charge in [-0.05, 0) is 49.4 Å². The summed E-state index contributed by atoms with van der Waals surface area (Å²) in [4.78, 5) is 2.31. The van der Waals surface area contributed by atoms with Crippen molar-refractivity contribution in [1.82, 2.24) is 5.32 Å². The van der Waals surface area contributed by atoms with Crippen LogP contribution in [0.2, 0.25) is 0 Å². The highest BCUT2D eigenvalue weighted by molar-refractivity contribution is 5.46. The van der Waals surface area contributed by atoms with Crippen LogP contribution in [0, 0.1) is 5.92 Å². The highest BCUT2D eigenvalue weighted by Gasteiger charge is 2.00. The molecule has 0 spiro atoms. The number of benzene rings is 1. The number of aryl methyl sites for hydroxylation is 1. The van der Waals surface area contributed by atoms with Gasteiger partial charge in [0, 0.05) is 25.8 Å². The topological polar surface area (TPSA) is 15.3 Å². The third-order valence-corrected chi connectivity index (χ3v) is 3.54. The zero-order valence-electron chi connectivity index (χ0n) is 13.1. The summed E-state index contributed by atoms with van der Waals surface area (Å²) >= 11 is 0. The lowest BCUT2D eigenvalue weighted by molar-refractivity contribution is 0.529. The molecule has 0 fully saturated rings. The molecule has 108 valence electrons. The van der Waals surface area contributed by atoms with E-state index in [1.165, 1.54) is 24.1 Å². The van der Waals surface area contributed by atoms with Crippen LogP contribution < -0.4 is 10.2 Å². The smallest absolute Gasteiger partial charge is 0.0364 e.